The molecule has 4 nitrogen and oxygen atoms in total. The van der Waals surface area contributed by atoms with Gasteiger partial charge in [-0.25, -0.2) is 5.48 Å². The van der Waals surface area contributed by atoms with E-state index in [9.17, 15) is 4.79 Å². The van der Waals surface area contributed by atoms with Gasteiger partial charge in [0.15, 0.2) is 6.10 Å². The third kappa shape index (κ3) is 2.54. The summed E-state index contributed by atoms with van der Waals surface area (Å²) in [5.41, 5.74) is 1.56. The minimum Gasteiger partial charge on any atom is -0.481 e. The molecule has 1 atom stereocenters. The predicted octanol–water partition coefficient (Wildman–Crippen LogP) is 2.11. The minimum atomic E-state index is -0.735. The molecule has 0 radical (unpaired) electrons. The molecule has 0 aliphatic carbocycles. The smallest absolute Gasteiger partial charge is 0.284 e. The highest BCUT2D eigenvalue weighted by Gasteiger charge is 2.13. The van der Waals surface area contributed by atoms with E-state index in [2.05, 4.69) is 0 Å². The van der Waals surface area contributed by atoms with Gasteiger partial charge in [0.25, 0.3) is 5.91 Å². The maximum absolute atomic E-state index is 11.1. The highest BCUT2D eigenvalue weighted by molar-refractivity contribution is 5.84. The van der Waals surface area contributed by atoms with Crippen LogP contribution in [0.3, 0.4) is 0 Å². The van der Waals surface area contributed by atoms with Crippen molar-refractivity contribution in [2.24, 2.45) is 0 Å². The van der Waals surface area contributed by atoms with Crippen LogP contribution in [0.1, 0.15) is 6.92 Å². The topological polar surface area (TPSA) is 58.6 Å². The summed E-state index contributed by atoms with van der Waals surface area (Å²) in [5.74, 6) is 0.0259. The Balaban J connectivity index is 2.22. The number of ether oxygens (including phenoxy) is 1. The third-order valence-electron chi connectivity index (χ3n) is 2.51. The zero-order valence-electron chi connectivity index (χ0n) is 9.38. The van der Waals surface area contributed by atoms with E-state index in [1.165, 1.54) is 0 Å². The van der Waals surface area contributed by atoms with Gasteiger partial charge in [-0.15, -0.1) is 0 Å². The summed E-state index contributed by atoms with van der Waals surface area (Å²) in [7, 11) is 0. The number of hydrogen-bond acceptors (Lipinski definition) is 3. The minimum absolute atomic E-state index is 0.571. The number of amides is 1. The summed E-state index contributed by atoms with van der Waals surface area (Å²) in [4.78, 5) is 11.1. The fraction of sp³-hybridized carbons (Fsp3) is 0.154. The van der Waals surface area contributed by atoms with Crippen molar-refractivity contribution in [2.75, 3.05) is 0 Å². The third-order valence-corrected chi connectivity index (χ3v) is 2.51. The van der Waals surface area contributed by atoms with Crippen LogP contribution in [0.5, 0.6) is 5.75 Å². The van der Waals surface area contributed by atoms with Crippen molar-refractivity contribution in [3.05, 3.63) is 42.5 Å². The molecule has 0 saturated carbocycles. The Morgan fingerprint density at radius 2 is 1.94 bits per heavy atom. The highest BCUT2D eigenvalue weighted by atomic mass is 16.5. The van der Waals surface area contributed by atoms with E-state index < -0.39 is 12.0 Å². The van der Waals surface area contributed by atoms with Crippen LogP contribution in [0, 0.1) is 0 Å². The average molecular weight is 231 g/mol. The fourth-order valence-corrected chi connectivity index (χ4v) is 1.59. The first-order chi connectivity index (χ1) is 8.20. The number of benzene rings is 2. The second-order valence-corrected chi connectivity index (χ2v) is 3.75. The van der Waals surface area contributed by atoms with Gasteiger partial charge in [-0.2, -0.15) is 0 Å². The van der Waals surface area contributed by atoms with Gasteiger partial charge in [0.2, 0.25) is 0 Å². The van der Waals surface area contributed by atoms with Crippen LogP contribution in [0.4, 0.5) is 0 Å². The van der Waals surface area contributed by atoms with Crippen LogP contribution < -0.4 is 10.2 Å². The average Bonchev–Trinajstić information content (AvgIpc) is 2.37. The van der Waals surface area contributed by atoms with Gasteiger partial charge in [0.1, 0.15) is 5.75 Å². The van der Waals surface area contributed by atoms with Crippen LogP contribution >= 0.6 is 0 Å². The molecule has 1 amide bonds. The molecular formula is C13H13NO3. The van der Waals surface area contributed by atoms with Crippen LogP contribution in [0.2, 0.25) is 0 Å². The molecule has 0 heterocycles. The van der Waals surface area contributed by atoms with Gasteiger partial charge in [-0.1, -0.05) is 30.3 Å². The number of carbonyl (C=O) groups is 1. The van der Waals surface area contributed by atoms with Gasteiger partial charge >= 0.3 is 0 Å². The molecule has 0 aliphatic rings. The van der Waals surface area contributed by atoms with Gasteiger partial charge in [0, 0.05) is 0 Å². The lowest BCUT2D eigenvalue weighted by Gasteiger charge is -2.12. The summed E-state index contributed by atoms with van der Waals surface area (Å²) < 4.78 is 5.40. The van der Waals surface area contributed by atoms with Gasteiger partial charge in [-0.05, 0) is 29.8 Å². The molecule has 2 aromatic rings. The summed E-state index contributed by atoms with van der Waals surface area (Å²) in [5, 5.41) is 10.6. The molecule has 1 unspecified atom stereocenters. The van der Waals surface area contributed by atoms with E-state index in [1.54, 1.807) is 18.5 Å². The van der Waals surface area contributed by atoms with Crippen molar-refractivity contribution in [3.8, 4) is 5.75 Å². The Labute approximate surface area is 98.8 Å². The van der Waals surface area contributed by atoms with Gasteiger partial charge < -0.3 is 4.74 Å². The van der Waals surface area contributed by atoms with Crippen molar-refractivity contribution in [3.63, 3.8) is 0 Å². The normalized spacial score (nSPS) is 12.1. The Kier molecular flexibility index (Phi) is 3.25. The molecule has 17 heavy (non-hydrogen) atoms. The van der Waals surface area contributed by atoms with Crippen molar-refractivity contribution < 1.29 is 14.7 Å². The molecule has 0 fully saturated rings. The number of nitrogens with one attached hydrogen (secondary N) is 1. The van der Waals surface area contributed by atoms with Crippen LogP contribution in [0.15, 0.2) is 42.5 Å². The number of fused-ring (bicyclic) bond motifs is 1. The largest absolute Gasteiger partial charge is 0.481 e. The molecular weight excluding hydrogens is 218 g/mol. The lowest BCUT2D eigenvalue weighted by molar-refractivity contribution is -0.135. The zero-order chi connectivity index (χ0) is 12.3. The zero-order valence-corrected chi connectivity index (χ0v) is 9.38. The van der Waals surface area contributed by atoms with E-state index in [0.29, 0.717) is 5.75 Å². The predicted molar refractivity (Wildman–Crippen MR) is 64.0 cm³/mol. The molecule has 0 aromatic heterocycles. The van der Waals surface area contributed by atoms with E-state index in [-0.39, 0.29) is 0 Å². The second-order valence-electron chi connectivity index (χ2n) is 3.75. The molecule has 2 aromatic carbocycles. The summed E-state index contributed by atoms with van der Waals surface area (Å²) in [6.07, 6.45) is -0.735. The number of hydrogen-bond donors (Lipinski definition) is 2. The Bertz CT molecular complexity index is 539. The van der Waals surface area contributed by atoms with E-state index >= 15 is 0 Å². The fourth-order valence-electron chi connectivity index (χ4n) is 1.59. The summed E-state index contributed by atoms with van der Waals surface area (Å²) in [6, 6.07) is 13.5. The van der Waals surface area contributed by atoms with E-state index in [1.807, 2.05) is 36.4 Å². The maximum Gasteiger partial charge on any atom is 0.284 e. The Hall–Kier alpha value is -2.07. The number of rotatable bonds is 3. The molecule has 2 rings (SSSR count). The van der Waals surface area contributed by atoms with Crippen molar-refractivity contribution >= 4 is 16.7 Å². The molecule has 88 valence electrons. The van der Waals surface area contributed by atoms with Crippen molar-refractivity contribution in [1.82, 2.24) is 5.48 Å². The van der Waals surface area contributed by atoms with Crippen LogP contribution in [-0.4, -0.2) is 17.2 Å². The van der Waals surface area contributed by atoms with Crippen LogP contribution in [-0.2, 0) is 4.79 Å². The second kappa shape index (κ2) is 4.84. The summed E-state index contributed by atoms with van der Waals surface area (Å²) >= 11 is 0. The van der Waals surface area contributed by atoms with E-state index in [4.69, 9.17) is 9.94 Å². The Morgan fingerprint density at radius 3 is 2.65 bits per heavy atom. The number of carbonyl (C=O) groups excluding carboxylic acids is 1. The van der Waals surface area contributed by atoms with Crippen molar-refractivity contribution in [2.45, 2.75) is 13.0 Å². The first-order valence-electron chi connectivity index (χ1n) is 5.30. The molecule has 2 N–H and O–H groups in total. The van der Waals surface area contributed by atoms with Crippen molar-refractivity contribution in [1.29, 1.82) is 0 Å². The van der Waals surface area contributed by atoms with Gasteiger partial charge in [0.05, 0.1) is 0 Å². The quantitative estimate of drug-likeness (QED) is 0.628. The molecule has 0 saturated heterocycles. The SMILES string of the molecule is CC(Oc1ccc2ccccc2c1)C(=O)NO. The monoisotopic (exact) mass is 231 g/mol. The standard InChI is InChI=1S/C13H13NO3/c1-9(13(15)14-16)17-12-7-6-10-4-2-3-5-11(10)8-12/h2-9,16H,1H3,(H,14,15). The highest BCUT2D eigenvalue weighted by Crippen LogP contribution is 2.21. The number of hydroxylamine groups is 1. The van der Waals surface area contributed by atoms with E-state index in [0.717, 1.165) is 10.8 Å². The van der Waals surface area contributed by atoms with Crippen LogP contribution in [0.25, 0.3) is 10.8 Å². The maximum atomic E-state index is 11.1. The first kappa shape index (κ1) is 11.4. The lowest BCUT2D eigenvalue weighted by Crippen LogP contribution is -2.34. The first-order valence-corrected chi connectivity index (χ1v) is 5.30. The van der Waals surface area contributed by atoms with Gasteiger partial charge in [-0.3, -0.25) is 10.0 Å². The molecule has 0 bridgehead atoms. The lowest BCUT2D eigenvalue weighted by atomic mass is 10.1. The Morgan fingerprint density at radius 1 is 1.24 bits per heavy atom. The molecule has 4 heteroatoms. The molecule has 0 spiro atoms. The molecule has 0 aliphatic heterocycles. The summed E-state index contributed by atoms with van der Waals surface area (Å²) in [6.45, 7) is 1.57.